The Kier molecular flexibility index (Phi) is 4.50. The monoisotopic (exact) mass is 304 g/mol. The highest BCUT2D eigenvalue weighted by molar-refractivity contribution is 6.30. The van der Waals surface area contributed by atoms with Crippen molar-refractivity contribution in [1.82, 2.24) is 19.7 Å². The van der Waals surface area contributed by atoms with Gasteiger partial charge in [0, 0.05) is 17.5 Å². The summed E-state index contributed by atoms with van der Waals surface area (Å²) in [6.07, 6.45) is 0. The molecular formula is C14H16N4O4. The Balaban J connectivity index is 2.34. The highest BCUT2D eigenvalue weighted by Crippen LogP contribution is 2.17. The molecule has 0 aliphatic carbocycles. The van der Waals surface area contributed by atoms with Gasteiger partial charge in [-0.1, -0.05) is 0 Å². The minimum atomic E-state index is -1.12. The lowest BCUT2D eigenvalue weighted by Gasteiger charge is -2.07. The van der Waals surface area contributed by atoms with Crippen molar-refractivity contribution in [3.63, 3.8) is 0 Å². The Morgan fingerprint density at radius 2 is 1.68 bits per heavy atom. The first kappa shape index (κ1) is 15.6. The zero-order valence-corrected chi connectivity index (χ0v) is 12.8. The fourth-order valence-corrected chi connectivity index (χ4v) is 1.82. The fraction of sp³-hybridized carbons (Fsp3) is 0.357. The van der Waals surface area contributed by atoms with E-state index in [9.17, 15) is 9.59 Å². The summed E-state index contributed by atoms with van der Waals surface area (Å²) in [6, 6.07) is 3.32. The third kappa shape index (κ3) is 3.46. The highest BCUT2D eigenvalue weighted by atomic mass is 16.6. The van der Waals surface area contributed by atoms with Crippen molar-refractivity contribution in [3.05, 3.63) is 29.2 Å². The van der Waals surface area contributed by atoms with Crippen molar-refractivity contribution in [2.24, 2.45) is 0 Å². The molecule has 0 aromatic carbocycles. The summed E-state index contributed by atoms with van der Waals surface area (Å²) in [5, 5.41) is 4.18. The van der Waals surface area contributed by atoms with Gasteiger partial charge in [0.1, 0.15) is 0 Å². The molecule has 2 heterocycles. The molecule has 0 aliphatic heterocycles. The molecule has 2 aromatic heterocycles. The van der Waals surface area contributed by atoms with E-state index >= 15 is 0 Å². The van der Waals surface area contributed by atoms with Crippen LogP contribution in [0, 0.1) is 20.8 Å². The number of esters is 2. The van der Waals surface area contributed by atoms with E-state index in [0.29, 0.717) is 5.69 Å². The van der Waals surface area contributed by atoms with Crippen LogP contribution in [0.5, 0.6) is 5.88 Å². The summed E-state index contributed by atoms with van der Waals surface area (Å²) in [4.78, 5) is 31.5. The van der Waals surface area contributed by atoms with E-state index < -0.39 is 11.9 Å². The summed E-state index contributed by atoms with van der Waals surface area (Å²) in [6.45, 7) is 7.05. The average molecular weight is 304 g/mol. The number of carbonyl (C=O) groups excluding carboxylic acids is 2. The molecule has 0 aliphatic rings. The van der Waals surface area contributed by atoms with Crippen molar-refractivity contribution in [2.75, 3.05) is 6.61 Å². The second-order valence-corrected chi connectivity index (χ2v) is 4.60. The minimum absolute atomic E-state index is 0.0561. The van der Waals surface area contributed by atoms with Crippen molar-refractivity contribution in [2.45, 2.75) is 27.7 Å². The lowest BCUT2D eigenvalue weighted by atomic mass is 10.4. The number of nitrogens with zero attached hydrogens (tertiary/aromatic N) is 4. The van der Waals surface area contributed by atoms with Crippen molar-refractivity contribution in [1.29, 1.82) is 0 Å². The van der Waals surface area contributed by atoms with E-state index in [-0.39, 0.29) is 18.4 Å². The maximum absolute atomic E-state index is 11.7. The Morgan fingerprint density at radius 1 is 1.05 bits per heavy atom. The van der Waals surface area contributed by atoms with Gasteiger partial charge in [0.05, 0.1) is 12.3 Å². The van der Waals surface area contributed by atoms with Crippen LogP contribution in [0.3, 0.4) is 0 Å². The second-order valence-electron chi connectivity index (χ2n) is 4.60. The molecule has 0 saturated carbocycles. The van der Waals surface area contributed by atoms with E-state index in [2.05, 4.69) is 19.8 Å². The van der Waals surface area contributed by atoms with E-state index in [1.54, 1.807) is 13.8 Å². The van der Waals surface area contributed by atoms with E-state index in [1.807, 2.05) is 19.9 Å². The van der Waals surface area contributed by atoms with Gasteiger partial charge in [0.25, 0.3) is 5.95 Å². The Morgan fingerprint density at radius 3 is 2.27 bits per heavy atom. The van der Waals surface area contributed by atoms with Gasteiger partial charge in [-0.05, 0) is 33.8 Å². The van der Waals surface area contributed by atoms with Gasteiger partial charge in [0.2, 0.25) is 5.88 Å². The fourth-order valence-electron chi connectivity index (χ4n) is 1.82. The normalized spacial score (nSPS) is 10.4. The molecule has 2 rings (SSSR count). The number of aryl methyl sites for hydroxylation is 3. The third-order valence-electron chi connectivity index (χ3n) is 2.60. The average Bonchev–Trinajstić information content (AvgIpc) is 2.78. The number of aromatic nitrogens is 4. The topological polar surface area (TPSA) is 96.2 Å². The SMILES string of the molecule is CCOC(=O)C(=O)Oc1cc(C)nn1-c1nc(C)cc(C)n1. The third-order valence-corrected chi connectivity index (χ3v) is 2.60. The molecule has 0 atom stereocenters. The van der Waals surface area contributed by atoms with Crippen molar-refractivity contribution in [3.8, 4) is 11.8 Å². The van der Waals surface area contributed by atoms with Gasteiger partial charge < -0.3 is 9.47 Å². The van der Waals surface area contributed by atoms with Crippen LogP contribution in [-0.4, -0.2) is 38.3 Å². The van der Waals surface area contributed by atoms with Gasteiger partial charge in [-0.25, -0.2) is 19.6 Å². The molecule has 0 amide bonds. The number of hydrogen-bond donors (Lipinski definition) is 0. The van der Waals surface area contributed by atoms with E-state index in [4.69, 9.17) is 4.74 Å². The quantitative estimate of drug-likeness (QED) is 0.617. The second kappa shape index (κ2) is 6.33. The number of ether oxygens (including phenoxy) is 2. The van der Waals surface area contributed by atoms with Crippen molar-refractivity contribution < 1.29 is 19.1 Å². The Bertz CT molecular complexity index is 703. The lowest BCUT2D eigenvalue weighted by Crippen LogP contribution is -2.24. The summed E-state index contributed by atoms with van der Waals surface area (Å²) in [7, 11) is 0. The largest absolute Gasteiger partial charge is 0.458 e. The zero-order valence-electron chi connectivity index (χ0n) is 12.8. The summed E-state index contributed by atoms with van der Waals surface area (Å²) in [5.41, 5.74) is 2.09. The summed E-state index contributed by atoms with van der Waals surface area (Å²) >= 11 is 0. The van der Waals surface area contributed by atoms with Crippen LogP contribution >= 0.6 is 0 Å². The summed E-state index contributed by atoms with van der Waals surface area (Å²) in [5.74, 6) is -1.86. The standard InChI is InChI=1S/C14H16N4O4/c1-5-21-12(19)13(20)22-11-7-10(4)17-18(11)14-15-8(2)6-9(3)16-14/h6-7H,5H2,1-4H3. The van der Waals surface area contributed by atoms with Crippen LogP contribution in [0.1, 0.15) is 24.0 Å². The highest BCUT2D eigenvalue weighted by Gasteiger charge is 2.21. The zero-order chi connectivity index (χ0) is 16.3. The molecule has 0 fully saturated rings. The molecule has 0 unspecified atom stereocenters. The maximum atomic E-state index is 11.7. The number of carbonyl (C=O) groups is 2. The predicted octanol–water partition coefficient (Wildman–Crippen LogP) is 1.06. The number of hydrogen-bond acceptors (Lipinski definition) is 7. The van der Waals surface area contributed by atoms with Crippen LogP contribution in [0.4, 0.5) is 0 Å². The predicted molar refractivity (Wildman–Crippen MR) is 75.6 cm³/mol. The first-order valence-corrected chi connectivity index (χ1v) is 6.69. The van der Waals surface area contributed by atoms with Gasteiger partial charge in [-0.3, -0.25) is 0 Å². The van der Waals surface area contributed by atoms with Gasteiger partial charge in [-0.15, -0.1) is 0 Å². The molecule has 22 heavy (non-hydrogen) atoms. The molecule has 116 valence electrons. The van der Waals surface area contributed by atoms with Crippen LogP contribution in [0.15, 0.2) is 12.1 Å². The van der Waals surface area contributed by atoms with E-state index in [1.165, 1.54) is 10.7 Å². The molecule has 0 saturated heterocycles. The molecular weight excluding hydrogens is 288 g/mol. The van der Waals surface area contributed by atoms with Crippen LogP contribution in [-0.2, 0) is 14.3 Å². The smallest absolute Gasteiger partial charge is 0.424 e. The molecule has 0 N–H and O–H groups in total. The molecule has 2 aromatic rings. The molecule has 8 heteroatoms. The van der Waals surface area contributed by atoms with Gasteiger partial charge in [-0.2, -0.15) is 9.78 Å². The first-order valence-electron chi connectivity index (χ1n) is 6.69. The van der Waals surface area contributed by atoms with E-state index in [0.717, 1.165) is 11.4 Å². The Labute approximate surface area is 127 Å². The molecule has 0 bridgehead atoms. The molecule has 0 radical (unpaired) electrons. The molecule has 8 nitrogen and oxygen atoms in total. The first-order chi connectivity index (χ1) is 10.4. The Hall–Kier alpha value is -2.77. The van der Waals surface area contributed by atoms with Crippen molar-refractivity contribution >= 4 is 11.9 Å². The van der Waals surface area contributed by atoms with Gasteiger partial charge >= 0.3 is 11.9 Å². The van der Waals surface area contributed by atoms with Crippen LogP contribution in [0.25, 0.3) is 5.95 Å². The molecule has 0 spiro atoms. The van der Waals surface area contributed by atoms with Gasteiger partial charge in [0.15, 0.2) is 0 Å². The van der Waals surface area contributed by atoms with Crippen LogP contribution in [0.2, 0.25) is 0 Å². The number of rotatable bonds is 3. The van der Waals surface area contributed by atoms with Crippen LogP contribution < -0.4 is 4.74 Å². The lowest BCUT2D eigenvalue weighted by molar-refractivity contribution is -0.162. The minimum Gasteiger partial charge on any atom is -0.458 e. The summed E-state index contributed by atoms with van der Waals surface area (Å²) < 4.78 is 10.9. The maximum Gasteiger partial charge on any atom is 0.424 e.